The van der Waals surface area contributed by atoms with Gasteiger partial charge in [0, 0.05) is 6.04 Å². The molecule has 0 aromatic carbocycles. The van der Waals surface area contributed by atoms with Crippen LogP contribution in [0.1, 0.15) is 23.8 Å². The van der Waals surface area contributed by atoms with E-state index in [-0.39, 0.29) is 11.9 Å². The Labute approximate surface area is 69.2 Å². The van der Waals surface area contributed by atoms with Gasteiger partial charge in [0.25, 0.3) is 0 Å². The fraction of sp³-hybridized carbons (Fsp3) is 0.500. The minimum atomic E-state index is -0.0469. The highest BCUT2D eigenvalue weighted by atomic mass is 32.1. The molecular weight excluding hydrogens is 161 g/mol. The van der Waals surface area contributed by atoms with Crippen molar-refractivity contribution in [1.82, 2.24) is 5.32 Å². The number of rotatable bonds is 1. The highest BCUT2D eigenvalue weighted by Gasteiger charge is 2.20. The summed E-state index contributed by atoms with van der Waals surface area (Å²) in [5.74, 6) is -0.0469. The Bertz CT molecular complexity index is 240. The van der Waals surface area contributed by atoms with E-state index >= 15 is 0 Å². The lowest BCUT2D eigenvalue weighted by atomic mass is 10.2. The van der Waals surface area contributed by atoms with Gasteiger partial charge in [0.2, 0.25) is 0 Å². The predicted octanol–water partition coefficient (Wildman–Crippen LogP) is 2.31. The van der Waals surface area contributed by atoms with E-state index in [2.05, 4.69) is 5.32 Å². The first-order valence-corrected chi connectivity index (χ1v) is 4.72. The van der Waals surface area contributed by atoms with Crippen molar-refractivity contribution >= 4 is 11.3 Å². The largest absolute Gasteiger partial charge is 0.309 e. The monoisotopic (exact) mass is 171 g/mol. The van der Waals surface area contributed by atoms with E-state index in [0.29, 0.717) is 0 Å². The van der Waals surface area contributed by atoms with E-state index in [9.17, 15) is 4.39 Å². The maximum absolute atomic E-state index is 13.0. The van der Waals surface area contributed by atoms with Crippen LogP contribution in [0.25, 0.3) is 0 Å². The molecule has 0 saturated carbocycles. The molecule has 1 aromatic rings. The van der Waals surface area contributed by atoms with Gasteiger partial charge in [-0.05, 0) is 30.8 Å². The maximum atomic E-state index is 13.0. The van der Waals surface area contributed by atoms with Gasteiger partial charge in [-0.2, -0.15) is 0 Å². The second-order valence-corrected chi connectivity index (χ2v) is 3.73. The first kappa shape index (κ1) is 7.25. The summed E-state index contributed by atoms with van der Waals surface area (Å²) in [6.07, 6.45) is 2.25. The number of halogens is 1. The van der Waals surface area contributed by atoms with Crippen LogP contribution in [-0.2, 0) is 0 Å². The Hall–Kier alpha value is -0.410. The Morgan fingerprint density at radius 1 is 1.64 bits per heavy atom. The Balaban J connectivity index is 2.21. The van der Waals surface area contributed by atoms with Gasteiger partial charge in [-0.15, -0.1) is 11.3 Å². The molecule has 0 unspecified atom stereocenters. The summed E-state index contributed by atoms with van der Waals surface area (Å²) in [4.78, 5) is 0.877. The van der Waals surface area contributed by atoms with Crippen LogP contribution in [0.3, 0.4) is 0 Å². The second kappa shape index (κ2) is 2.91. The third kappa shape index (κ3) is 1.30. The van der Waals surface area contributed by atoms with Crippen molar-refractivity contribution in [2.45, 2.75) is 18.9 Å². The summed E-state index contributed by atoms with van der Waals surface area (Å²) >= 11 is 1.51. The van der Waals surface area contributed by atoms with Gasteiger partial charge in [0.15, 0.2) is 0 Å². The van der Waals surface area contributed by atoms with Crippen molar-refractivity contribution in [3.05, 3.63) is 22.1 Å². The van der Waals surface area contributed by atoms with Crippen molar-refractivity contribution in [3.63, 3.8) is 0 Å². The summed E-state index contributed by atoms with van der Waals surface area (Å²) in [5.41, 5.74) is 0. The minimum absolute atomic E-state index is 0.0469. The van der Waals surface area contributed by atoms with Crippen LogP contribution in [0.15, 0.2) is 11.4 Å². The molecule has 0 aliphatic carbocycles. The second-order valence-electron chi connectivity index (χ2n) is 2.78. The highest BCUT2D eigenvalue weighted by Crippen LogP contribution is 2.29. The van der Waals surface area contributed by atoms with Gasteiger partial charge in [-0.25, -0.2) is 4.39 Å². The molecule has 3 heteroatoms. The molecule has 1 fully saturated rings. The first-order chi connectivity index (χ1) is 5.38. The van der Waals surface area contributed by atoms with Crippen LogP contribution in [0.5, 0.6) is 0 Å². The summed E-state index contributed by atoms with van der Waals surface area (Å²) < 4.78 is 13.0. The van der Waals surface area contributed by atoms with Crippen molar-refractivity contribution in [1.29, 1.82) is 0 Å². The van der Waals surface area contributed by atoms with Crippen LogP contribution in [0.4, 0.5) is 4.39 Å². The molecule has 2 heterocycles. The highest BCUT2D eigenvalue weighted by molar-refractivity contribution is 7.10. The molecule has 1 N–H and O–H groups in total. The number of nitrogens with one attached hydrogen (secondary N) is 1. The molecule has 0 amide bonds. The van der Waals surface area contributed by atoms with Gasteiger partial charge < -0.3 is 5.32 Å². The lowest BCUT2D eigenvalue weighted by Gasteiger charge is -2.06. The van der Waals surface area contributed by atoms with Crippen LogP contribution in [0.2, 0.25) is 0 Å². The molecule has 0 radical (unpaired) electrons. The molecule has 60 valence electrons. The lowest BCUT2D eigenvalue weighted by molar-refractivity contribution is 0.572. The Morgan fingerprint density at radius 3 is 3.09 bits per heavy atom. The van der Waals surface area contributed by atoms with E-state index in [1.807, 2.05) is 5.38 Å². The van der Waals surface area contributed by atoms with Crippen LogP contribution in [-0.4, -0.2) is 6.54 Å². The third-order valence-corrected chi connectivity index (χ3v) is 3.03. The fourth-order valence-electron chi connectivity index (χ4n) is 1.46. The smallest absolute Gasteiger partial charge is 0.138 e. The lowest BCUT2D eigenvalue weighted by Crippen LogP contribution is -2.12. The van der Waals surface area contributed by atoms with Gasteiger partial charge in [0.1, 0.15) is 5.82 Å². The fourth-order valence-corrected chi connectivity index (χ4v) is 2.34. The van der Waals surface area contributed by atoms with E-state index in [1.54, 1.807) is 6.07 Å². The third-order valence-electron chi connectivity index (χ3n) is 2.02. The van der Waals surface area contributed by atoms with Crippen LogP contribution < -0.4 is 5.32 Å². The van der Waals surface area contributed by atoms with Gasteiger partial charge in [-0.3, -0.25) is 0 Å². The van der Waals surface area contributed by atoms with Crippen molar-refractivity contribution in [3.8, 4) is 0 Å². The molecule has 0 spiro atoms. The standard InChI is InChI=1S/C8H10FNS/c9-6-3-5-11-8(6)7-2-1-4-10-7/h3,5,7,10H,1-2,4H2/t7-/m0/s1. The molecular formula is C8H10FNS. The summed E-state index contributed by atoms with van der Waals surface area (Å²) in [6, 6.07) is 1.83. The van der Waals surface area contributed by atoms with Gasteiger partial charge in [-0.1, -0.05) is 0 Å². The summed E-state index contributed by atoms with van der Waals surface area (Å²) in [7, 11) is 0. The van der Waals surface area contributed by atoms with E-state index in [0.717, 1.165) is 17.8 Å². The predicted molar refractivity (Wildman–Crippen MR) is 44.3 cm³/mol. The van der Waals surface area contributed by atoms with E-state index in [4.69, 9.17) is 0 Å². The molecule has 1 saturated heterocycles. The van der Waals surface area contributed by atoms with Gasteiger partial charge in [0.05, 0.1) is 4.88 Å². The minimum Gasteiger partial charge on any atom is -0.309 e. The zero-order chi connectivity index (χ0) is 7.68. The average Bonchev–Trinajstić information content (AvgIpc) is 2.55. The normalized spacial score (nSPS) is 24.3. The summed E-state index contributed by atoms with van der Waals surface area (Å²) in [6.45, 7) is 1.03. The van der Waals surface area contributed by atoms with E-state index < -0.39 is 0 Å². The quantitative estimate of drug-likeness (QED) is 0.683. The SMILES string of the molecule is Fc1ccsc1[C@@H]1CCCN1. The van der Waals surface area contributed by atoms with Gasteiger partial charge >= 0.3 is 0 Å². The number of hydrogen-bond acceptors (Lipinski definition) is 2. The maximum Gasteiger partial charge on any atom is 0.138 e. The molecule has 1 nitrogen and oxygen atoms in total. The van der Waals surface area contributed by atoms with E-state index in [1.165, 1.54) is 17.8 Å². The first-order valence-electron chi connectivity index (χ1n) is 3.84. The molecule has 1 aliphatic heterocycles. The molecule has 1 aliphatic rings. The number of hydrogen-bond donors (Lipinski definition) is 1. The summed E-state index contributed by atoms with van der Waals surface area (Å²) in [5, 5.41) is 5.08. The molecule has 2 rings (SSSR count). The molecule has 1 aromatic heterocycles. The Kier molecular flexibility index (Phi) is 1.92. The van der Waals surface area contributed by atoms with Crippen molar-refractivity contribution in [2.75, 3.05) is 6.54 Å². The molecule has 1 atom stereocenters. The van der Waals surface area contributed by atoms with Crippen molar-refractivity contribution < 1.29 is 4.39 Å². The van der Waals surface area contributed by atoms with Crippen LogP contribution in [0, 0.1) is 5.82 Å². The van der Waals surface area contributed by atoms with Crippen LogP contribution >= 0.6 is 11.3 Å². The molecule has 11 heavy (non-hydrogen) atoms. The number of thiophene rings is 1. The average molecular weight is 171 g/mol. The molecule has 0 bridgehead atoms. The Morgan fingerprint density at radius 2 is 2.55 bits per heavy atom. The topological polar surface area (TPSA) is 12.0 Å². The van der Waals surface area contributed by atoms with Crippen molar-refractivity contribution in [2.24, 2.45) is 0 Å². The zero-order valence-electron chi connectivity index (χ0n) is 6.14. The zero-order valence-corrected chi connectivity index (χ0v) is 6.96.